The van der Waals surface area contributed by atoms with Gasteiger partial charge in [0.1, 0.15) is 5.75 Å². The quantitative estimate of drug-likeness (QED) is 0.734. The van der Waals surface area contributed by atoms with E-state index in [1.807, 2.05) is 18.2 Å². The van der Waals surface area contributed by atoms with E-state index in [1.165, 1.54) is 10.5 Å². The van der Waals surface area contributed by atoms with Crippen LogP contribution >= 0.6 is 24.2 Å². The Hall–Kier alpha value is -1.16. The van der Waals surface area contributed by atoms with E-state index in [4.69, 9.17) is 0 Å². The van der Waals surface area contributed by atoms with Crippen molar-refractivity contribution in [3.05, 3.63) is 54.1 Å². The van der Waals surface area contributed by atoms with Crippen molar-refractivity contribution in [3.63, 3.8) is 0 Å². The lowest BCUT2D eigenvalue weighted by molar-refractivity contribution is 0.165. The summed E-state index contributed by atoms with van der Waals surface area (Å²) in [6, 6.07) is 17.0. The van der Waals surface area contributed by atoms with Crippen LogP contribution in [0.1, 0.15) is 33.3 Å². The van der Waals surface area contributed by atoms with Crippen molar-refractivity contribution in [2.24, 2.45) is 0 Å². The average Bonchev–Trinajstić information content (AvgIpc) is 2.48. The number of nitrogens with zero attached hydrogens (tertiary/aromatic N) is 1. The summed E-state index contributed by atoms with van der Waals surface area (Å²) in [5.74, 6) is 0.340. The maximum Gasteiger partial charge on any atom is 0.129 e. The number of rotatable bonds is 6. The minimum Gasteiger partial charge on any atom is -0.507 e. The van der Waals surface area contributed by atoms with E-state index < -0.39 is 0 Å². The van der Waals surface area contributed by atoms with Crippen LogP contribution in [0, 0.1) is 0 Å². The number of halogens is 1. The molecule has 2 aromatic carbocycles. The Morgan fingerprint density at radius 3 is 1.96 bits per heavy atom. The van der Waals surface area contributed by atoms with Crippen molar-refractivity contribution in [3.8, 4) is 5.75 Å². The summed E-state index contributed by atoms with van der Waals surface area (Å²) >= 11 is 1.63. The van der Waals surface area contributed by atoms with Crippen LogP contribution < -0.4 is 0 Å². The molecule has 126 valence electrons. The van der Waals surface area contributed by atoms with Crippen molar-refractivity contribution in [1.29, 1.82) is 0 Å². The molecule has 0 amide bonds. The molecule has 0 fully saturated rings. The molecule has 0 aliphatic carbocycles. The van der Waals surface area contributed by atoms with Gasteiger partial charge in [-0.25, -0.2) is 0 Å². The van der Waals surface area contributed by atoms with E-state index >= 15 is 0 Å². The Bertz CT molecular complexity index is 608. The number of phenolic OH excluding ortho intramolecular Hbond substituents is 1. The first-order valence-corrected chi connectivity index (χ1v) is 8.60. The van der Waals surface area contributed by atoms with Crippen molar-refractivity contribution in [2.75, 3.05) is 0 Å². The summed E-state index contributed by atoms with van der Waals surface area (Å²) in [6.45, 7) is 9.86. The van der Waals surface area contributed by atoms with Crippen LogP contribution in [0.2, 0.25) is 0 Å². The third-order valence-corrected chi connectivity index (χ3v) is 4.92. The lowest BCUT2D eigenvalue weighted by atomic mass is 10.1. The fraction of sp³-hybridized carbons (Fsp3) is 0.368. The van der Waals surface area contributed by atoms with E-state index in [0.29, 0.717) is 17.8 Å². The number of phenols is 1. The lowest BCUT2D eigenvalue weighted by Crippen LogP contribution is -2.36. The summed E-state index contributed by atoms with van der Waals surface area (Å²) in [4.78, 5) is 4.58. The maximum atomic E-state index is 9.99. The SMILES string of the molecule is CC(C)N(Cc1ccccc1Sc1ccccc1O)C(C)C.Cl. The van der Waals surface area contributed by atoms with E-state index in [1.54, 1.807) is 17.8 Å². The molecule has 2 nitrogen and oxygen atoms in total. The molecule has 0 saturated carbocycles. The van der Waals surface area contributed by atoms with Crippen LogP contribution in [0.15, 0.2) is 58.3 Å². The minimum atomic E-state index is 0. The van der Waals surface area contributed by atoms with E-state index in [0.717, 1.165) is 11.4 Å². The first kappa shape index (κ1) is 19.9. The van der Waals surface area contributed by atoms with Crippen molar-refractivity contribution in [2.45, 2.75) is 56.1 Å². The summed E-state index contributed by atoms with van der Waals surface area (Å²) in [6.07, 6.45) is 0. The monoisotopic (exact) mass is 351 g/mol. The van der Waals surface area contributed by atoms with Crippen LogP contribution in [0.25, 0.3) is 0 Å². The number of hydrogen-bond acceptors (Lipinski definition) is 3. The smallest absolute Gasteiger partial charge is 0.129 e. The number of para-hydroxylation sites is 1. The summed E-state index contributed by atoms with van der Waals surface area (Å²) in [5.41, 5.74) is 1.30. The standard InChI is InChI=1S/C19H25NOS.ClH/c1-14(2)20(15(3)4)13-16-9-5-7-11-18(16)22-19-12-8-6-10-17(19)21;/h5-12,14-15,21H,13H2,1-4H3;1H. The second kappa shape index (κ2) is 9.21. The number of benzene rings is 2. The van der Waals surface area contributed by atoms with Crippen LogP contribution in [-0.2, 0) is 6.54 Å². The molecule has 2 aromatic rings. The Morgan fingerprint density at radius 2 is 1.39 bits per heavy atom. The first-order chi connectivity index (χ1) is 10.5. The fourth-order valence-corrected chi connectivity index (χ4v) is 3.52. The Labute approximate surface area is 150 Å². The van der Waals surface area contributed by atoms with Gasteiger partial charge in [0.15, 0.2) is 0 Å². The zero-order chi connectivity index (χ0) is 16.1. The minimum absolute atomic E-state index is 0. The van der Waals surface area contributed by atoms with Gasteiger partial charge in [0, 0.05) is 23.5 Å². The van der Waals surface area contributed by atoms with Gasteiger partial charge in [0.05, 0.1) is 4.90 Å². The molecule has 0 saturated heterocycles. The Balaban J connectivity index is 0.00000264. The molecular weight excluding hydrogens is 326 g/mol. The van der Waals surface area contributed by atoms with E-state index in [-0.39, 0.29) is 12.4 Å². The molecule has 0 radical (unpaired) electrons. The second-order valence-electron chi connectivity index (χ2n) is 6.04. The zero-order valence-electron chi connectivity index (χ0n) is 14.2. The van der Waals surface area contributed by atoms with Crippen LogP contribution in [0.5, 0.6) is 5.75 Å². The Morgan fingerprint density at radius 1 is 0.870 bits per heavy atom. The normalized spacial score (nSPS) is 11.1. The van der Waals surface area contributed by atoms with Crippen molar-refractivity contribution < 1.29 is 5.11 Å². The predicted molar refractivity (Wildman–Crippen MR) is 102 cm³/mol. The Kier molecular flexibility index (Phi) is 7.97. The van der Waals surface area contributed by atoms with Crippen LogP contribution in [0.4, 0.5) is 0 Å². The molecule has 0 aliphatic rings. The van der Waals surface area contributed by atoms with E-state index in [9.17, 15) is 5.11 Å². The molecule has 4 heteroatoms. The third kappa shape index (κ3) is 5.45. The molecule has 23 heavy (non-hydrogen) atoms. The van der Waals surface area contributed by atoms with Gasteiger partial charge in [-0.15, -0.1) is 12.4 Å². The van der Waals surface area contributed by atoms with Gasteiger partial charge in [-0.2, -0.15) is 0 Å². The second-order valence-corrected chi connectivity index (χ2v) is 7.12. The third-order valence-electron chi connectivity index (χ3n) is 3.74. The van der Waals surface area contributed by atoms with Gasteiger partial charge in [-0.1, -0.05) is 42.1 Å². The topological polar surface area (TPSA) is 23.5 Å². The molecule has 0 atom stereocenters. The van der Waals surface area contributed by atoms with Gasteiger partial charge in [-0.05, 0) is 51.5 Å². The molecule has 1 N–H and O–H groups in total. The average molecular weight is 352 g/mol. The van der Waals surface area contributed by atoms with Gasteiger partial charge in [-0.3, -0.25) is 4.90 Å². The summed E-state index contributed by atoms with van der Waals surface area (Å²) < 4.78 is 0. The zero-order valence-corrected chi connectivity index (χ0v) is 15.8. The predicted octanol–water partition coefficient (Wildman–Crippen LogP) is 5.58. The first-order valence-electron chi connectivity index (χ1n) is 7.78. The molecule has 0 bridgehead atoms. The van der Waals surface area contributed by atoms with Gasteiger partial charge in [0.2, 0.25) is 0 Å². The fourth-order valence-electron chi connectivity index (χ4n) is 2.55. The molecule has 2 rings (SSSR count). The van der Waals surface area contributed by atoms with Gasteiger partial charge >= 0.3 is 0 Å². The number of aromatic hydroxyl groups is 1. The maximum absolute atomic E-state index is 9.99. The van der Waals surface area contributed by atoms with E-state index in [2.05, 4.69) is 56.9 Å². The van der Waals surface area contributed by atoms with Crippen LogP contribution in [-0.4, -0.2) is 22.1 Å². The van der Waals surface area contributed by atoms with Gasteiger partial charge in [0.25, 0.3) is 0 Å². The molecule has 0 heterocycles. The highest BCUT2D eigenvalue weighted by atomic mass is 35.5. The van der Waals surface area contributed by atoms with Crippen LogP contribution in [0.3, 0.4) is 0 Å². The largest absolute Gasteiger partial charge is 0.507 e. The molecule has 0 unspecified atom stereocenters. The highest BCUT2D eigenvalue weighted by Crippen LogP contribution is 2.36. The highest BCUT2D eigenvalue weighted by Gasteiger charge is 2.16. The molecule has 0 aliphatic heterocycles. The van der Waals surface area contributed by atoms with Gasteiger partial charge < -0.3 is 5.11 Å². The lowest BCUT2D eigenvalue weighted by Gasteiger charge is -2.31. The number of hydrogen-bond donors (Lipinski definition) is 1. The van der Waals surface area contributed by atoms with Crippen molar-refractivity contribution in [1.82, 2.24) is 4.90 Å². The summed E-state index contributed by atoms with van der Waals surface area (Å²) in [5, 5.41) is 9.99. The molecular formula is C19H26ClNOS. The molecule has 0 aromatic heterocycles. The van der Waals surface area contributed by atoms with Crippen molar-refractivity contribution >= 4 is 24.2 Å². The molecule has 0 spiro atoms. The highest BCUT2D eigenvalue weighted by molar-refractivity contribution is 7.99. The summed E-state index contributed by atoms with van der Waals surface area (Å²) in [7, 11) is 0.